The first kappa shape index (κ1) is 13.2. The zero-order valence-electron chi connectivity index (χ0n) is 12.5. The highest BCUT2D eigenvalue weighted by atomic mass is 14.9. The van der Waals surface area contributed by atoms with Crippen molar-refractivity contribution < 1.29 is 0 Å². The summed E-state index contributed by atoms with van der Waals surface area (Å²) in [5.41, 5.74) is 8.73. The van der Waals surface area contributed by atoms with Crippen molar-refractivity contribution in [2.24, 2.45) is 0 Å². The summed E-state index contributed by atoms with van der Waals surface area (Å²) in [6, 6.07) is 13.4. The Balaban J connectivity index is 1.82. The molecule has 2 aromatic rings. The minimum absolute atomic E-state index is 1.12. The van der Waals surface area contributed by atoms with Crippen LogP contribution >= 0.6 is 0 Å². The van der Waals surface area contributed by atoms with Gasteiger partial charge < -0.3 is 5.32 Å². The zero-order chi connectivity index (χ0) is 13.9. The summed E-state index contributed by atoms with van der Waals surface area (Å²) in [6.07, 6.45) is 4.74. The molecule has 0 saturated heterocycles. The second-order valence-corrected chi connectivity index (χ2v) is 5.85. The SMILES string of the molecule is Cc1cccc(C)c1CCc1cccc2c1NCCC2. The van der Waals surface area contributed by atoms with Crippen LogP contribution in [0.3, 0.4) is 0 Å². The Morgan fingerprint density at radius 3 is 2.50 bits per heavy atom. The Kier molecular flexibility index (Phi) is 3.77. The molecule has 0 fully saturated rings. The molecular formula is C19H23N. The molecule has 0 spiro atoms. The quantitative estimate of drug-likeness (QED) is 0.864. The maximum atomic E-state index is 3.60. The van der Waals surface area contributed by atoms with Crippen LogP contribution in [0, 0.1) is 13.8 Å². The van der Waals surface area contributed by atoms with E-state index in [0.29, 0.717) is 0 Å². The van der Waals surface area contributed by atoms with Crippen LogP contribution in [0.5, 0.6) is 0 Å². The summed E-state index contributed by atoms with van der Waals surface area (Å²) in [7, 11) is 0. The highest BCUT2D eigenvalue weighted by Crippen LogP contribution is 2.27. The largest absolute Gasteiger partial charge is 0.385 e. The monoisotopic (exact) mass is 265 g/mol. The van der Waals surface area contributed by atoms with Gasteiger partial charge in [0.05, 0.1) is 0 Å². The highest BCUT2D eigenvalue weighted by Gasteiger charge is 2.12. The van der Waals surface area contributed by atoms with Crippen LogP contribution in [-0.2, 0) is 19.3 Å². The number of benzene rings is 2. The maximum Gasteiger partial charge on any atom is 0.0405 e. The molecule has 0 unspecified atom stereocenters. The molecule has 1 aliphatic rings. The Hall–Kier alpha value is -1.76. The predicted molar refractivity (Wildman–Crippen MR) is 86.6 cm³/mol. The normalized spacial score (nSPS) is 13.7. The molecule has 1 heterocycles. The number of hydrogen-bond acceptors (Lipinski definition) is 1. The third-order valence-corrected chi connectivity index (χ3v) is 4.45. The van der Waals surface area contributed by atoms with Crippen LogP contribution in [0.4, 0.5) is 5.69 Å². The number of para-hydroxylation sites is 1. The molecule has 0 saturated carbocycles. The number of nitrogens with one attached hydrogen (secondary N) is 1. The lowest BCUT2D eigenvalue weighted by Gasteiger charge is -2.21. The van der Waals surface area contributed by atoms with E-state index in [9.17, 15) is 0 Å². The first-order valence-corrected chi connectivity index (χ1v) is 7.65. The molecule has 0 aromatic heterocycles. The number of hydrogen-bond donors (Lipinski definition) is 1. The van der Waals surface area contributed by atoms with Crippen molar-refractivity contribution in [1.82, 2.24) is 0 Å². The standard InChI is InChI=1S/C19H23N/c1-14-6-3-7-15(2)18(14)12-11-17-9-4-8-16-10-5-13-20-19(16)17/h3-4,6-9,20H,5,10-13H2,1-2H3. The van der Waals surface area contributed by atoms with Crippen molar-refractivity contribution >= 4 is 5.69 Å². The topological polar surface area (TPSA) is 12.0 Å². The molecule has 0 atom stereocenters. The van der Waals surface area contributed by atoms with Gasteiger partial charge in [0.25, 0.3) is 0 Å². The fourth-order valence-corrected chi connectivity index (χ4v) is 3.29. The molecule has 0 bridgehead atoms. The molecule has 1 N–H and O–H groups in total. The lowest BCUT2D eigenvalue weighted by molar-refractivity contribution is 0.819. The third kappa shape index (κ3) is 2.58. The molecule has 20 heavy (non-hydrogen) atoms. The van der Waals surface area contributed by atoms with Crippen LogP contribution in [-0.4, -0.2) is 6.54 Å². The van der Waals surface area contributed by atoms with Crippen molar-refractivity contribution in [3.8, 4) is 0 Å². The molecule has 2 aromatic carbocycles. The number of rotatable bonds is 3. The van der Waals surface area contributed by atoms with Gasteiger partial charge in [0.2, 0.25) is 0 Å². The van der Waals surface area contributed by atoms with E-state index < -0.39 is 0 Å². The van der Waals surface area contributed by atoms with Gasteiger partial charge in [0, 0.05) is 12.2 Å². The molecule has 0 aliphatic carbocycles. The molecule has 1 nitrogen and oxygen atoms in total. The van der Waals surface area contributed by atoms with Crippen molar-refractivity contribution in [3.63, 3.8) is 0 Å². The lowest BCUT2D eigenvalue weighted by atomic mass is 9.93. The minimum Gasteiger partial charge on any atom is -0.385 e. The summed E-state index contributed by atoms with van der Waals surface area (Å²) in [5.74, 6) is 0. The predicted octanol–water partition coefficient (Wildman–Crippen LogP) is 4.45. The molecule has 0 radical (unpaired) electrons. The molecule has 3 rings (SSSR count). The van der Waals surface area contributed by atoms with E-state index in [1.807, 2.05) is 0 Å². The Labute approximate surface area is 122 Å². The van der Waals surface area contributed by atoms with E-state index in [1.165, 1.54) is 46.3 Å². The molecular weight excluding hydrogens is 242 g/mol. The summed E-state index contributed by atoms with van der Waals surface area (Å²) >= 11 is 0. The molecule has 0 amide bonds. The van der Waals surface area contributed by atoms with Gasteiger partial charge in [-0.3, -0.25) is 0 Å². The second-order valence-electron chi connectivity index (χ2n) is 5.85. The van der Waals surface area contributed by atoms with Crippen LogP contribution in [0.15, 0.2) is 36.4 Å². The average molecular weight is 265 g/mol. The Bertz CT molecular complexity index is 593. The van der Waals surface area contributed by atoms with Gasteiger partial charge in [-0.05, 0) is 67.3 Å². The van der Waals surface area contributed by atoms with E-state index in [4.69, 9.17) is 0 Å². The van der Waals surface area contributed by atoms with E-state index in [1.54, 1.807) is 0 Å². The summed E-state index contributed by atoms with van der Waals surface area (Å²) < 4.78 is 0. The minimum atomic E-state index is 1.12. The third-order valence-electron chi connectivity index (χ3n) is 4.45. The highest BCUT2D eigenvalue weighted by molar-refractivity contribution is 5.59. The average Bonchev–Trinajstić information content (AvgIpc) is 2.47. The van der Waals surface area contributed by atoms with Crippen molar-refractivity contribution in [1.29, 1.82) is 0 Å². The van der Waals surface area contributed by atoms with E-state index >= 15 is 0 Å². The van der Waals surface area contributed by atoms with Gasteiger partial charge in [-0.1, -0.05) is 36.4 Å². The first-order chi connectivity index (χ1) is 9.75. The first-order valence-electron chi connectivity index (χ1n) is 7.65. The molecule has 1 aliphatic heterocycles. The van der Waals surface area contributed by atoms with Gasteiger partial charge in [-0.25, -0.2) is 0 Å². The number of aryl methyl sites for hydroxylation is 4. The summed E-state index contributed by atoms with van der Waals surface area (Å²) in [6.45, 7) is 5.56. The Morgan fingerprint density at radius 2 is 1.70 bits per heavy atom. The fraction of sp³-hybridized carbons (Fsp3) is 0.368. The second kappa shape index (κ2) is 5.70. The summed E-state index contributed by atoms with van der Waals surface area (Å²) in [4.78, 5) is 0. The van der Waals surface area contributed by atoms with Gasteiger partial charge >= 0.3 is 0 Å². The van der Waals surface area contributed by atoms with Crippen LogP contribution in [0.25, 0.3) is 0 Å². The maximum absolute atomic E-state index is 3.60. The van der Waals surface area contributed by atoms with E-state index in [0.717, 1.165) is 19.4 Å². The van der Waals surface area contributed by atoms with Crippen molar-refractivity contribution in [3.05, 3.63) is 64.2 Å². The van der Waals surface area contributed by atoms with Crippen LogP contribution < -0.4 is 5.32 Å². The molecule has 104 valence electrons. The van der Waals surface area contributed by atoms with Crippen LogP contribution in [0.1, 0.15) is 34.2 Å². The number of fused-ring (bicyclic) bond motifs is 1. The van der Waals surface area contributed by atoms with E-state index in [2.05, 4.69) is 55.6 Å². The Morgan fingerprint density at radius 1 is 0.950 bits per heavy atom. The summed E-state index contributed by atoms with van der Waals surface area (Å²) in [5, 5.41) is 3.60. The van der Waals surface area contributed by atoms with E-state index in [-0.39, 0.29) is 0 Å². The smallest absolute Gasteiger partial charge is 0.0405 e. The van der Waals surface area contributed by atoms with Gasteiger partial charge in [0.1, 0.15) is 0 Å². The van der Waals surface area contributed by atoms with Gasteiger partial charge in [-0.15, -0.1) is 0 Å². The molecule has 1 heteroatoms. The van der Waals surface area contributed by atoms with Crippen molar-refractivity contribution in [2.75, 3.05) is 11.9 Å². The van der Waals surface area contributed by atoms with Crippen LogP contribution in [0.2, 0.25) is 0 Å². The van der Waals surface area contributed by atoms with Gasteiger partial charge in [-0.2, -0.15) is 0 Å². The zero-order valence-corrected chi connectivity index (χ0v) is 12.5. The fourth-order valence-electron chi connectivity index (χ4n) is 3.29. The lowest BCUT2D eigenvalue weighted by Crippen LogP contribution is -2.14. The van der Waals surface area contributed by atoms with Crippen molar-refractivity contribution in [2.45, 2.75) is 39.5 Å². The number of anilines is 1. The van der Waals surface area contributed by atoms with Gasteiger partial charge in [0.15, 0.2) is 0 Å².